The third-order valence-corrected chi connectivity index (χ3v) is 3.28. The fourth-order valence-electron chi connectivity index (χ4n) is 2.15. The Kier molecular flexibility index (Phi) is 5.47. The molecular formula is C16H22N4. The number of benzene rings is 1. The summed E-state index contributed by atoms with van der Waals surface area (Å²) in [6.07, 6.45) is 3.91. The van der Waals surface area contributed by atoms with Crippen molar-refractivity contribution in [3.05, 3.63) is 47.3 Å². The second kappa shape index (κ2) is 7.58. The molecule has 4 nitrogen and oxygen atoms in total. The number of aryl methyl sites for hydroxylation is 3. The van der Waals surface area contributed by atoms with Crippen molar-refractivity contribution < 1.29 is 0 Å². The van der Waals surface area contributed by atoms with Gasteiger partial charge in [-0.2, -0.15) is 5.10 Å². The van der Waals surface area contributed by atoms with Crippen molar-refractivity contribution in [2.75, 3.05) is 11.9 Å². The first-order valence-electron chi connectivity index (χ1n) is 7.33. The number of nitrogens with zero attached hydrogens (tertiary/aromatic N) is 3. The molecule has 0 bridgehead atoms. The van der Waals surface area contributed by atoms with E-state index in [0.717, 1.165) is 43.6 Å². The topological polar surface area (TPSA) is 50.7 Å². The van der Waals surface area contributed by atoms with E-state index in [-0.39, 0.29) is 0 Å². The fourth-order valence-corrected chi connectivity index (χ4v) is 2.15. The van der Waals surface area contributed by atoms with E-state index in [9.17, 15) is 0 Å². The van der Waals surface area contributed by atoms with Crippen LogP contribution in [0.25, 0.3) is 0 Å². The smallest absolute Gasteiger partial charge is 0.242 e. The minimum atomic E-state index is 0.645. The fraction of sp³-hybridized carbons (Fsp3) is 0.438. The first-order chi connectivity index (χ1) is 9.83. The Morgan fingerprint density at radius 3 is 2.40 bits per heavy atom. The molecule has 2 rings (SSSR count). The highest BCUT2D eigenvalue weighted by molar-refractivity contribution is 5.25. The van der Waals surface area contributed by atoms with Crippen molar-refractivity contribution in [3.8, 4) is 0 Å². The van der Waals surface area contributed by atoms with Crippen LogP contribution in [0.2, 0.25) is 0 Å². The molecule has 0 saturated heterocycles. The van der Waals surface area contributed by atoms with E-state index in [2.05, 4.69) is 58.6 Å². The summed E-state index contributed by atoms with van der Waals surface area (Å²) in [5.74, 6) is 0.645. The van der Waals surface area contributed by atoms with Crippen LogP contribution in [-0.4, -0.2) is 21.7 Å². The van der Waals surface area contributed by atoms with Crippen LogP contribution in [0.1, 0.15) is 37.2 Å². The maximum atomic E-state index is 4.52. The number of rotatable bonds is 7. The van der Waals surface area contributed by atoms with Gasteiger partial charge in [0.05, 0.1) is 11.4 Å². The summed E-state index contributed by atoms with van der Waals surface area (Å²) in [4.78, 5) is 4.52. The number of anilines is 1. The zero-order valence-electron chi connectivity index (χ0n) is 12.3. The van der Waals surface area contributed by atoms with Crippen molar-refractivity contribution in [2.45, 2.75) is 39.5 Å². The van der Waals surface area contributed by atoms with Crippen molar-refractivity contribution >= 4 is 5.95 Å². The van der Waals surface area contributed by atoms with Gasteiger partial charge in [-0.3, -0.25) is 0 Å². The van der Waals surface area contributed by atoms with Crippen LogP contribution in [0.5, 0.6) is 0 Å². The molecule has 1 N–H and O–H groups in total. The van der Waals surface area contributed by atoms with Gasteiger partial charge in [-0.1, -0.05) is 44.2 Å². The number of aromatic nitrogens is 3. The number of nitrogens with one attached hydrogen (secondary N) is 1. The molecule has 0 saturated carbocycles. The molecule has 0 aliphatic rings. The predicted octanol–water partition coefficient (Wildman–Crippen LogP) is 3.04. The third-order valence-electron chi connectivity index (χ3n) is 3.28. The van der Waals surface area contributed by atoms with Crippen molar-refractivity contribution in [1.82, 2.24) is 15.2 Å². The molecule has 0 unspecified atom stereocenters. The Hall–Kier alpha value is -1.97. The van der Waals surface area contributed by atoms with Crippen molar-refractivity contribution in [1.29, 1.82) is 0 Å². The predicted molar refractivity (Wildman–Crippen MR) is 81.8 cm³/mol. The second-order valence-electron chi connectivity index (χ2n) is 4.75. The minimum Gasteiger partial charge on any atom is -0.353 e. The standard InChI is InChI=1S/C16H22N4/c1-3-14-15(4-2)19-20-16(18-14)17-12-8-11-13-9-6-5-7-10-13/h5-7,9-10H,3-4,8,11-12H2,1-2H3,(H,17,18,20). The summed E-state index contributed by atoms with van der Waals surface area (Å²) in [6.45, 7) is 5.05. The molecule has 4 heteroatoms. The van der Waals surface area contributed by atoms with Crippen LogP contribution in [0.15, 0.2) is 30.3 Å². The Balaban J connectivity index is 1.82. The normalized spacial score (nSPS) is 10.5. The average molecular weight is 270 g/mol. The van der Waals surface area contributed by atoms with E-state index in [0.29, 0.717) is 5.95 Å². The Morgan fingerprint density at radius 2 is 1.70 bits per heavy atom. The summed E-state index contributed by atoms with van der Waals surface area (Å²) in [5.41, 5.74) is 3.42. The van der Waals surface area contributed by atoms with Gasteiger partial charge in [-0.05, 0) is 31.2 Å². The van der Waals surface area contributed by atoms with Crippen molar-refractivity contribution in [2.24, 2.45) is 0 Å². The average Bonchev–Trinajstić information content (AvgIpc) is 2.52. The maximum absolute atomic E-state index is 4.52. The lowest BCUT2D eigenvalue weighted by Crippen LogP contribution is -2.11. The molecule has 0 amide bonds. The van der Waals surface area contributed by atoms with Gasteiger partial charge in [-0.25, -0.2) is 4.98 Å². The van der Waals surface area contributed by atoms with Gasteiger partial charge in [-0.15, -0.1) is 5.10 Å². The highest BCUT2D eigenvalue weighted by Gasteiger charge is 2.05. The summed E-state index contributed by atoms with van der Waals surface area (Å²) in [7, 11) is 0. The molecule has 0 aliphatic heterocycles. The summed E-state index contributed by atoms with van der Waals surface area (Å²) in [5, 5.41) is 11.6. The van der Waals surface area contributed by atoms with Gasteiger partial charge in [0.25, 0.3) is 0 Å². The lowest BCUT2D eigenvalue weighted by molar-refractivity contribution is 0.801. The van der Waals surface area contributed by atoms with Crippen LogP contribution in [0.4, 0.5) is 5.95 Å². The van der Waals surface area contributed by atoms with E-state index in [4.69, 9.17) is 0 Å². The summed E-state index contributed by atoms with van der Waals surface area (Å²) in [6, 6.07) is 10.5. The maximum Gasteiger partial charge on any atom is 0.242 e. The first-order valence-corrected chi connectivity index (χ1v) is 7.33. The van der Waals surface area contributed by atoms with Crippen molar-refractivity contribution in [3.63, 3.8) is 0 Å². The summed E-state index contributed by atoms with van der Waals surface area (Å²) >= 11 is 0. The van der Waals surface area contributed by atoms with Gasteiger partial charge in [0.2, 0.25) is 5.95 Å². The molecule has 1 aromatic heterocycles. The zero-order valence-corrected chi connectivity index (χ0v) is 12.3. The highest BCUT2D eigenvalue weighted by atomic mass is 15.2. The molecule has 106 valence electrons. The zero-order chi connectivity index (χ0) is 14.2. The van der Waals surface area contributed by atoms with Crippen LogP contribution >= 0.6 is 0 Å². The first kappa shape index (κ1) is 14.4. The third kappa shape index (κ3) is 4.02. The van der Waals surface area contributed by atoms with Crippen LogP contribution < -0.4 is 5.32 Å². The Bertz CT molecular complexity index is 525. The van der Waals surface area contributed by atoms with E-state index < -0.39 is 0 Å². The Labute approximate surface area is 120 Å². The molecule has 0 atom stereocenters. The molecular weight excluding hydrogens is 248 g/mol. The minimum absolute atomic E-state index is 0.645. The molecule has 1 heterocycles. The van der Waals surface area contributed by atoms with Gasteiger partial charge in [0.1, 0.15) is 0 Å². The highest BCUT2D eigenvalue weighted by Crippen LogP contribution is 2.07. The monoisotopic (exact) mass is 270 g/mol. The lowest BCUT2D eigenvalue weighted by atomic mass is 10.1. The van der Waals surface area contributed by atoms with Crippen LogP contribution in [0, 0.1) is 0 Å². The van der Waals surface area contributed by atoms with Gasteiger partial charge in [0.15, 0.2) is 0 Å². The van der Waals surface area contributed by atoms with Crippen LogP contribution in [-0.2, 0) is 19.3 Å². The number of hydrogen-bond acceptors (Lipinski definition) is 4. The van der Waals surface area contributed by atoms with Gasteiger partial charge in [0, 0.05) is 6.54 Å². The second-order valence-corrected chi connectivity index (χ2v) is 4.75. The molecule has 0 radical (unpaired) electrons. The largest absolute Gasteiger partial charge is 0.353 e. The molecule has 0 spiro atoms. The van der Waals surface area contributed by atoms with E-state index in [1.807, 2.05) is 6.07 Å². The molecule has 2 aromatic rings. The summed E-state index contributed by atoms with van der Waals surface area (Å²) < 4.78 is 0. The van der Waals surface area contributed by atoms with E-state index in [1.165, 1.54) is 5.56 Å². The van der Waals surface area contributed by atoms with E-state index in [1.54, 1.807) is 0 Å². The van der Waals surface area contributed by atoms with Gasteiger partial charge >= 0.3 is 0 Å². The Morgan fingerprint density at radius 1 is 0.950 bits per heavy atom. The molecule has 0 fully saturated rings. The lowest BCUT2D eigenvalue weighted by Gasteiger charge is -2.07. The molecule has 20 heavy (non-hydrogen) atoms. The van der Waals surface area contributed by atoms with Gasteiger partial charge < -0.3 is 5.32 Å². The quantitative estimate of drug-likeness (QED) is 0.786. The molecule has 1 aromatic carbocycles. The SMILES string of the molecule is CCc1nnc(NCCCc2ccccc2)nc1CC. The van der Waals surface area contributed by atoms with Crippen LogP contribution in [0.3, 0.4) is 0 Å². The molecule has 0 aliphatic carbocycles. The number of hydrogen-bond donors (Lipinski definition) is 1. The van der Waals surface area contributed by atoms with E-state index >= 15 is 0 Å².